The Morgan fingerprint density at radius 2 is 2.32 bits per heavy atom. The number of rotatable bonds is 9. The fraction of sp³-hybridized carbons (Fsp3) is 0.818. The third-order valence-corrected chi connectivity index (χ3v) is 3.97. The van der Waals surface area contributed by atoms with Crippen molar-refractivity contribution in [3.63, 3.8) is 0 Å². The second-order valence-corrected chi connectivity index (χ2v) is 5.66. The van der Waals surface area contributed by atoms with Crippen LogP contribution in [0.5, 0.6) is 0 Å². The summed E-state index contributed by atoms with van der Waals surface area (Å²) in [6.07, 6.45) is 2.29. The summed E-state index contributed by atoms with van der Waals surface area (Å²) in [5.74, 6) is -0.00323. The van der Waals surface area contributed by atoms with Gasteiger partial charge in [0.25, 0.3) is 0 Å². The lowest BCUT2D eigenvalue weighted by molar-refractivity contribution is -0.144. The van der Waals surface area contributed by atoms with Crippen molar-refractivity contribution in [2.75, 3.05) is 12.3 Å². The summed E-state index contributed by atoms with van der Waals surface area (Å²) < 4.78 is 1.61. The Balaban J connectivity index is 2.36. The highest BCUT2D eigenvalue weighted by atomic mass is 32.2. The molecule has 0 aliphatic rings. The Bertz CT molecular complexity index is 412. The van der Waals surface area contributed by atoms with Gasteiger partial charge in [0.15, 0.2) is 0 Å². The van der Waals surface area contributed by atoms with Crippen molar-refractivity contribution in [2.24, 2.45) is 7.05 Å². The van der Waals surface area contributed by atoms with Gasteiger partial charge in [0.05, 0.1) is 0 Å². The largest absolute Gasteiger partial charge is 0.480 e. The Hall–Kier alpha value is -1.15. The molecule has 0 amide bonds. The van der Waals surface area contributed by atoms with E-state index < -0.39 is 11.5 Å². The van der Waals surface area contributed by atoms with Gasteiger partial charge in [0.1, 0.15) is 5.54 Å². The van der Waals surface area contributed by atoms with Gasteiger partial charge in [-0.2, -0.15) is 0 Å². The zero-order valence-electron chi connectivity index (χ0n) is 11.6. The van der Waals surface area contributed by atoms with Crippen LogP contribution in [0.4, 0.5) is 0 Å². The number of nitrogens with zero attached hydrogens (tertiary/aromatic N) is 4. The third kappa shape index (κ3) is 4.79. The molecule has 1 aromatic rings. The molecule has 0 saturated carbocycles. The molecule has 0 aliphatic heterocycles. The molecule has 1 heterocycles. The van der Waals surface area contributed by atoms with Crippen LogP contribution in [0, 0.1) is 0 Å². The minimum absolute atomic E-state index is 0.584. The second-order valence-electron chi connectivity index (χ2n) is 4.60. The van der Waals surface area contributed by atoms with Crippen LogP contribution in [0.25, 0.3) is 0 Å². The minimum Gasteiger partial charge on any atom is -0.480 e. The number of tetrazole rings is 1. The van der Waals surface area contributed by atoms with Gasteiger partial charge >= 0.3 is 5.97 Å². The van der Waals surface area contributed by atoms with Gasteiger partial charge in [-0.15, -0.1) is 5.10 Å². The van der Waals surface area contributed by atoms with E-state index in [9.17, 15) is 9.90 Å². The lowest BCUT2D eigenvalue weighted by Crippen LogP contribution is -2.49. The molecule has 0 radical (unpaired) electrons. The topological polar surface area (TPSA) is 92.9 Å². The van der Waals surface area contributed by atoms with Crippen LogP contribution in [-0.2, 0) is 11.8 Å². The molecule has 1 rings (SSSR count). The van der Waals surface area contributed by atoms with Crippen molar-refractivity contribution in [1.82, 2.24) is 25.5 Å². The summed E-state index contributed by atoms with van der Waals surface area (Å²) in [4.78, 5) is 11.3. The Morgan fingerprint density at radius 1 is 1.58 bits per heavy atom. The number of hydrogen-bond donors (Lipinski definition) is 2. The number of aryl methyl sites for hydroxylation is 1. The summed E-state index contributed by atoms with van der Waals surface area (Å²) in [6.45, 7) is 4.47. The van der Waals surface area contributed by atoms with Crippen molar-refractivity contribution in [3.8, 4) is 0 Å². The molecule has 1 atom stereocenters. The predicted molar refractivity (Wildman–Crippen MR) is 73.1 cm³/mol. The minimum atomic E-state index is -0.852. The molecule has 2 N–H and O–H groups in total. The number of thioether (sulfide) groups is 1. The first kappa shape index (κ1) is 15.9. The van der Waals surface area contributed by atoms with Crippen LogP contribution in [0.2, 0.25) is 0 Å². The molecular weight excluding hydrogens is 266 g/mol. The van der Waals surface area contributed by atoms with Crippen molar-refractivity contribution >= 4 is 17.7 Å². The molecule has 0 aliphatic carbocycles. The Morgan fingerprint density at radius 3 is 2.84 bits per heavy atom. The average Bonchev–Trinajstić information content (AvgIpc) is 2.78. The van der Waals surface area contributed by atoms with Gasteiger partial charge in [-0.3, -0.25) is 4.79 Å². The number of carboxylic acid groups (broad SMARTS) is 1. The number of nitrogens with one attached hydrogen (secondary N) is 1. The van der Waals surface area contributed by atoms with Crippen molar-refractivity contribution in [2.45, 2.75) is 43.8 Å². The van der Waals surface area contributed by atoms with Gasteiger partial charge in [-0.05, 0) is 43.2 Å². The van der Waals surface area contributed by atoms with Crippen LogP contribution in [0.15, 0.2) is 5.16 Å². The van der Waals surface area contributed by atoms with E-state index in [0.717, 1.165) is 23.8 Å². The second kappa shape index (κ2) is 7.44. The summed E-state index contributed by atoms with van der Waals surface area (Å²) in [6, 6.07) is 0. The van der Waals surface area contributed by atoms with Gasteiger partial charge in [0.2, 0.25) is 5.16 Å². The molecule has 7 nitrogen and oxygen atoms in total. The maximum Gasteiger partial charge on any atom is 0.323 e. The number of aromatic nitrogens is 4. The zero-order chi connectivity index (χ0) is 14.3. The first-order valence-corrected chi connectivity index (χ1v) is 7.31. The van der Waals surface area contributed by atoms with Crippen LogP contribution in [0.1, 0.15) is 33.1 Å². The number of carboxylic acids is 1. The highest BCUT2D eigenvalue weighted by molar-refractivity contribution is 7.99. The summed E-state index contributed by atoms with van der Waals surface area (Å²) >= 11 is 1.54. The number of carbonyl (C=O) groups is 1. The smallest absolute Gasteiger partial charge is 0.323 e. The normalized spacial score (nSPS) is 14.3. The fourth-order valence-electron chi connectivity index (χ4n) is 1.60. The van der Waals surface area contributed by atoms with Crippen LogP contribution < -0.4 is 5.32 Å². The first-order valence-electron chi connectivity index (χ1n) is 6.33. The number of aliphatic carboxylic acids is 1. The molecule has 0 bridgehead atoms. The quantitative estimate of drug-likeness (QED) is 0.515. The lowest BCUT2D eigenvalue weighted by atomic mass is 9.96. The molecule has 19 heavy (non-hydrogen) atoms. The van der Waals surface area contributed by atoms with Crippen molar-refractivity contribution in [1.29, 1.82) is 0 Å². The van der Waals surface area contributed by atoms with E-state index in [1.807, 2.05) is 6.92 Å². The van der Waals surface area contributed by atoms with E-state index in [1.54, 1.807) is 18.7 Å². The first-order chi connectivity index (χ1) is 8.99. The van der Waals surface area contributed by atoms with E-state index in [1.165, 1.54) is 11.8 Å². The van der Waals surface area contributed by atoms with Crippen LogP contribution in [-0.4, -0.2) is 49.1 Å². The predicted octanol–water partition coefficient (Wildman–Crippen LogP) is 0.925. The highest BCUT2D eigenvalue weighted by Crippen LogP contribution is 2.19. The standard InChI is InChI=1S/C11H21N5O2S/c1-4-7-12-11(2,9(17)18)6-5-8-19-10-13-14-15-16(10)3/h12H,4-8H2,1-3H3,(H,17,18). The molecule has 0 saturated heterocycles. The molecule has 0 fully saturated rings. The molecule has 108 valence electrons. The fourth-order valence-corrected chi connectivity index (χ4v) is 2.39. The zero-order valence-corrected chi connectivity index (χ0v) is 12.4. The van der Waals surface area contributed by atoms with E-state index in [2.05, 4.69) is 20.8 Å². The third-order valence-electron chi connectivity index (χ3n) is 2.87. The van der Waals surface area contributed by atoms with Crippen molar-refractivity contribution < 1.29 is 9.90 Å². The van der Waals surface area contributed by atoms with Crippen molar-refractivity contribution in [3.05, 3.63) is 0 Å². The molecule has 0 spiro atoms. The highest BCUT2D eigenvalue weighted by Gasteiger charge is 2.31. The van der Waals surface area contributed by atoms with E-state index >= 15 is 0 Å². The van der Waals surface area contributed by atoms with Gasteiger partial charge in [0, 0.05) is 12.8 Å². The van der Waals surface area contributed by atoms with E-state index in [0.29, 0.717) is 13.0 Å². The lowest BCUT2D eigenvalue weighted by Gasteiger charge is -2.26. The van der Waals surface area contributed by atoms with Gasteiger partial charge in [-0.25, -0.2) is 4.68 Å². The van der Waals surface area contributed by atoms with E-state index in [4.69, 9.17) is 0 Å². The molecule has 0 aromatic carbocycles. The van der Waals surface area contributed by atoms with Crippen LogP contribution >= 0.6 is 11.8 Å². The maximum atomic E-state index is 11.3. The maximum absolute atomic E-state index is 11.3. The monoisotopic (exact) mass is 287 g/mol. The Labute approximate surface area is 117 Å². The molecule has 1 aromatic heterocycles. The molecule has 1 unspecified atom stereocenters. The van der Waals surface area contributed by atoms with Gasteiger partial charge < -0.3 is 10.4 Å². The molecule has 8 heteroatoms. The SMILES string of the molecule is CCCNC(C)(CCCSc1nnnn1C)C(=O)O. The van der Waals surface area contributed by atoms with E-state index in [-0.39, 0.29) is 0 Å². The van der Waals surface area contributed by atoms with Crippen LogP contribution in [0.3, 0.4) is 0 Å². The molecular formula is C11H21N5O2S. The summed E-state index contributed by atoms with van der Waals surface area (Å²) in [5, 5.41) is 24.3. The Kier molecular flexibility index (Phi) is 6.23. The summed E-state index contributed by atoms with van der Waals surface area (Å²) in [7, 11) is 1.78. The average molecular weight is 287 g/mol. The summed E-state index contributed by atoms with van der Waals surface area (Å²) in [5.41, 5.74) is -0.852. The van der Waals surface area contributed by atoms with Gasteiger partial charge in [-0.1, -0.05) is 18.7 Å². The number of hydrogen-bond acceptors (Lipinski definition) is 6.